The minimum atomic E-state index is 0.594. The molecule has 102 valence electrons. The smallest absolute Gasteiger partial charge is 0.227 e. The van der Waals surface area contributed by atoms with E-state index in [1.54, 1.807) is 7.11 Å². The van der Waals surface area contributed by atoms with E-state index in [4.69, 9.17) is 9.15 Å². The number of fused-ring (bicyclic) bond motifs is 1. The lowest BCUT2D eigenvalue weighted by Crippen LogP contribution is -1.86. The molecular weight excluding hydrogens is 320 g/mol. The maximum atomic E-state index is 5.78. The van der Waals surface area contributed by atoms with Crippen LogP contribution in [0.2, 0.25) is 0 Å². The Bertz CT molecular complexity index is 768. The summed E-state index contributed by atoms with van der Waals surface area (Å²) < 4.78 is 11.9. The molecule has 0 radical (unpaired) electrons. The van der Waals surface area contributed by atoms with Gasteiger partial charge < -0.3 is 14.5 Å². The predicted molar refractivity (Wildman–Crippen MR) is 83.2 cm³/mol. The lowest BCUT2D eigenvalue weighted by molar-refractivity contribution is 0.412. The van der Waals surface area contributed by atoms with Crippen LogP contribution in [0.5, 0.6) is 5.75 Å². The standard InChI is InChI=1S/C15H13BrN2O2/c1-17-10-4-6-14-12(8-10)18-15(20-14)9-3-5-13(19-2)11(16)7-9/h3-8,17H,1-2H3. The first kappa shape index (κ1) is 13.0. The molecule has 0 aliphatic heterocycles. The van der Waals surface area contributed by atoms with E-state index < -0.39 is 0 Å². The zero-order valence-electron chi connectivity index (χ0n) is 11.1. The highest BCUT2D eigenvalue weighted by Crippen LogP contribution is 2.32. The molecule has 0 saturated carbocycles. The van der Waals surface area contributed by atoms with Gasteiger partial charge >= 0.3 is 0 Å². The van der Waals surface area contributed by atoms with Gasteiger partial charge in [-0.05, 0) is 52.3 Å². The Balaban J connectivity index is 2.07. The van der Waals surface area contributed by atoms with Crippen molar-refractivity contribution in [3.63, 3.8) is 0 Å². The Morgan fingerprint density at radius 1 is 1.20 bits per heavy atom. The van der Waals surface area contributed by atoms with E-state index in [9.17, 15) is 0 Å². The molecule has 3 aromatic rings. The maximum Gasteiger partial charge on any atom is 0.227 e. The number of benzene rings is 2. The highest BCUT2D eigenvalue weighted by atomic mass is 79.9. The normalized spacial score (nSPS) is 10.8. The third-order valence-electron chi connectivity index (χ3n) is 3.07. The first-order valence-corrected chi connectivity index (χ1v) is 6.93. The van der Waals surface area contributed by atoms with E-state index in [0.29, 0.717) is 5.89 Å². The molecule has 0 saturated heterocycles. The Kier molecular flexibility index (Phi) is 3.36. The van der Waals surface area contributed by atoms with Crippen molar-refractivity contribution in [1.29, 1.82) is 0 Å². The van der Waals surface area contributed by atoms with E-state index in [-0.39, 0.29) is 0 Å². The van der Waals surface area contributed by atoms with Gasteiger partial charge in [0.25, 0.3) is 0 Å². The fourth-order valence-corrected chi connectivity index (χ4v) is 2.55. The van der Waals surface area contributed by atoms with Crippen molar-refractivity contribution in [2.45, 2.75) is 0 Å². The second kappa shape index (κ2) is 5.17. The molecule has 20 heavy (non-hydrogen) atoms. The van der Waals surface area contributed by atoms with Crippen molar-refractivity contribution in [2.24, 2.45) is 0 Å². The number of ether oxygens (including phenoxy) is 1. The summed E-state index contributed by atoms with van der Waals surface area (Å²) >= 11 is 3.47. The van der Waals surface area contributed by atoms with Crippen molar-refractivity contribution < 1.29 is 9.15 Å². The lowest BCUT2D eigenvalue weighted by Gasteiger charge is -2.03. The van der Waals surface area contributed by atoms with Crippen LogP contribution in [-0.4, -0.2) is 19.1 Å². The number of aromatic nitrogens is 1. The van der Waals surface area contributed by atoms with Gasteiger partial charge in [0.2, 0.25) is 5.89 Å². The van der Waals surface area contributed by atoms with Gasteiger partial charge in [-0.3, -0.25) is 0 Å². The van der Waals surface area contributed by atoms with Crippen LogP contribution in [0.25, 0.3) is 22.6 Å². The second-order valence-electron chi connectivity index (χ2n) is 4.30. The summed E-state index contributed by atoms with van der Waals surface area (Å²) in [4.78, 5) is 4.52. The molecule has 0 spiro atoms. The van der Waals surface area contributed by atoms with Crippen molar-refractivity contribution in [3.05, 3.63) is 40.9 Å². The van der Waals surface area contributed by atoms with Gasteiger partial charge in [-0.15, -0.1) is 0 Å². The molecule has 0 bridgehead atoms. The largest absolute Gasteiger partial charge is 0.496 e. The van der Waals surface area contributed by atoms with Gasteiger partial charge in [0.15, 0.2) is 5.58 Å². The number of hydrogen-bond acceptors (Lipinski definition) is 4. The Hall–Kier alpha value is -2.01. The van der Waals surface area contributed by atoms with Crippen molar-refractivity contribution in [1.82, 2.24) is 4.98 Å². The molecular formula is C15H13BrN2O2. The summed E-state index contributed by atoms with van der Waals surface area (Å²) in [5, 5.41) is 3.09. The molecule has 0 aliphatic rings. The predicted octanol–water partition coefficient (Wildman–Crippen LogP) is 4.31. The molecule has 0 atom stereocenters. The molecule has 0 fully saturated rings. The molecule has 0 unspecified atom stereocenters. The zero-order valence-corrected chi connectivity index (χ0v) is 12.7. The SMILES string of the molecule is CNc1ccc2oc(-c3ccc(OC)c(Br)c3)nc2c1. The van der Waals surface area contributed by atoms with Crippen LogP contribution in [0.1, 0.15) is 0 Å². The highest BCUT2D eigenvalue weighted by molar-refractivity contribution is 9.10. The van der Waals surface area contributed by atoms with E-state index >= 15 is 0 Å². The lowest BCUT2D eigenvalue weighted by atomic mass is 10.2. The van der Waals surface area contributed by atoms with Gasteiger partial charge in [-0.25, -0.2) is 4.98 Å². The summed E-state index contributed by atoms with van der Waals surface area (Å²) in [5.74, 6) is 1.37. The summed E-state index contributed by atoms with van der Waals surface area (Å²) in [5.41, 5.74) is 3.51. The Morgan fingerprint density at radius 3 is 2.75 bits per heavy atom. The summed E-state index contributed by atoms with van der Waals surface area (Å²) in [6.45, 7) is 0. The monoisotopic (exact) mass is 332 g/mol. The molecule has 3 rings (SSSR count). The van der Waals surface area contributed by atoms with Gasteiger partial charge in [0.05, 0.1) is 11.6 Å². The van der Waals surface area contributed by atoms with Crippen molar-refractivity contribution in [3.8, 4) is 17.2 Å². The maximum absolute atomic E-state index is 5.78. The average Bonchev–Trinajstić information content (AvgIpc) is 2.89. The zero-order chi connectivity index (χ0) is 14.1. The van der Waals surface area contributed by atoms with Gasteiger partial charge in [-0.1, -0.05) is 0 Å². The van der Waals surface area contributed by atoms with Gasteiger partial charge in [0.1, 0.15) is 11.3 Å². The number of rotatable bonds is 3. The van der Waals surface area contributed by atoms with Crippen LogP contribution in [0.4, 0.5) is 5.69 Å². The van der Waals surface area contributed by atoms with Crippen LogP contribution >= 0.6 is 15.9 Å². The van der Waals surface area contributed by atoms with Gasteiger partial charge in [0, 0.05) is 18.3 Å². The number of anilines is 1. The Morgan fingerprint density at radius 2 is 2.05 bits per heavy atom. The van der Waals surface area contributed by atoms with Crippen molar-refractivity contribution in [2.75, 3.05) is 19.5 Å². The minimum Gasteiger partial charge on any atom is -0.496 e. The summed E-state index contributed by atoms with van der Waals surface area (Å²) in [6.07, 6.45) is 0. The van der Waals surface area contributed by atoms with E-state index in [1.807, 2.05) is 43.4 Å². The molecule has 0 aliphatic carbocycles. The number of hydrogen-bond donors (Lipinski definition) is 1. The van der Waals surface area contributed by atoms with Crippen molar-refractivity contribution >= 4 is 32.7 Å². The topological polar surface area (TPSA) is 47.3 Å². The summed E-state index contributed by atoms with van der Waals surface area (Å²) in [7, 11) is 3.52. The van der Waals surface area contributed by atoms with Crippen LogP contribution in [0.15, 0.2) is 45.3 Å². The molecule has 1 N–H and O–H groups in total. The highest BCUT2D eigenvalue weighted by Gasteiger charge is 2.10. The minimum absolute atomic E-state index is 0.594. The second-order valence-corrected chi connectivity index (χ2v) is 5.16. The van der Waals surface area contributed by atoms with Gasteiger partial charge in [-0.2, -0.15) is 0 Å². The molecule has 2 aromatic carbocycles. The third kappa shape index (κ3) is 2.25. The molecule has 4 nitrogen and oxygen atoms in total. The number of oxazole rings is 1. The first-order valence-electron chi connectivity index (χ1n) is 6.13. The molecule has 0 amide bonds. The third-order valence-corrected chi connectivity index (χ3v) is 3.69. The fraction of sp³-hybridized carbons (Fsp3) is 0.133. The molecule has 1 heterocycles. The number of nitrogens with one attached hydrogen (secondary N) is 1. The number of methoxy groups -OCH3 is 1. The number of halogens is 1. The fourth-order valence-electron chi connectivity index (χ4n) is 2.01. The molecule has 5 heteroatoms. The Labute approximate surface area is 124 Å². The average molecular weight is 333 g/mol. The van der Waals surface area contributed by atoms with Crippen LogP contribution in [-0.2, 0) is 0 Å². The van der Waals surface area contributed by atoms with Crippen LogP contribution < -0.4 is 10.1 Å². The van der Waals surface area contributed by atoms with Crippen LogP contribution in [0, 0.1) is 0 Å². The number of nitrogens with zero attached hydrogens (tertiary/aromatic N) is 1. The quantitative estimate of drug-likeness (QED) is 0.776. The van der Waals surface area contributed by atoms with Crippen LogP contribution in [0.3, 0.4) is 0 Å². The summed E-state index contributed by atoms with van der Waals surface area (Å²) in [6, 6.07) is 11.6. The van der Waals surface area contributed by atoms with E-state index in [0.717, 1.165) is 32.6 Å². The van der Waals surface area contributed by atoms with E-state index in [1.165, 1.54) is 0 Å². The van der Waals surface area contributed by atoms with E-state index in [2.05, 4.69) is 26.2 Å². The molecule has 1 aromatic heterocycles. The first-order chi connectivity index (χ1) is 9.71.